The quantitative estimate of drug-likeness (QED) is 0.154. The number of benzene rings is 9. The zero-order valence-electron chi connectivity index (χ0n) is 53.1. The number of para-hydroxylation sites is 1. The van der Waals surface area contributed by atoms with Crippen LogP contribution in [0.25, 0.3) is 82.5 Å². The number of nitrogens with zero attached hydrogens (tertiary/aromatic N) is 3. The van der Waals surface area contributed by atoms with Gasteiger partial charge in [0.1, 0.15) is 23.0 Å². The molecule has 7 heterocycles. The smallest absolute Gasteiger partial charge is 0.256 e. The van der Waals surface area contributed by atoms with Crippen molar-refractivity contribution in [2.45, 2.75) is 157 Å². The van der Waals surface area contributed by atoms with Gasteiger partial charge in [-0.2, -0.15) is 0 Å². The number of aromatic nitrogens is 3. The zero-order chi connectivity index (χ0) is 59.5. The second kappa shape index (κ2) is 16.5. The number of fused-ring (bicyclic) bond motifs is 17. The standard InChI is InChI=1S/C78H77B2N3O2/c1-73(2,3)42-24-28-58-49(30-42)48-26-27-54(78(16,17)18)68-72(48)83(58)63-35-46(77(13,14)15)37-67-70(63)80(68)56-39-52-51-38-55-64(40-60(51)81(47-22-20-19-21-23-47)61(52)41-65(56)85-67)84-66-36-45(76(10,11)12)34-62-69(66)79(55)57-33-44(75(7,8)9)32-53-50-31-43(74(4,5)6)25-29-59(50)82(62)71(53)57/h19-41H,1-18H3. The van der Waals surface area contributed by atoms with Crippen molar-refractivity contribution in [1.82, 2.24) is 13.7 Å². The van der Waals surface area contributed by atoms with Crippen molar-refractivity contribution < 1.29 is 9.47 Å². The topological polar surface area (TPSA) is 33.2 Å². The molecule has 0 aliphatic carbocycles. The van der Waals surface area contributed by atoms with Crippen LogP contribution in [0.1, 0.15) is 158 Å². The molecule has 0 unspecified atom stereocenters. The van der Waals surface area contributed by atoms with E-state index in [1.54, 1.807) is 0 Å². The molecular weight excluding hydrogens is 1030 g/mol. The zero-order valence-corrected chi connectivity index (χ0v) is 53.1. The lowest BCUT2D eigenvalue weighted by atomic mass is 9.33. The van der Waals surface area contributed by atoms with Gasteiger partial charge in [0.15, 0.2) is 0 Å². The Morgan fingerprint density at radius 2 is 0.741 bits per heavy atom. The van der Waals surface area contributed by atoms with Crippen molar-refractivity contribution in [3.63, 3.8) is 0 Å². The van der Waals surface area contributed by atoms with Crippen LogP contribution in [0.5, 0.6) is 23.0 Å². The number of ether oxygens (including phenoxy) is 2. The highest BCUT2D eigenvalue weighted by Gasteiger charge is 2.46. The Labute approximate surface area is 502 Å². The van der Waals surface area contributed by atoms with Crippen molar-refractivity contribution in [2.75, 3.05) is 0 Å². The molecule has 422 valence electrons. The maximum absolute atomic E-state index is 7.58. The van der Waals surface area contributed by atoms with E-state index in [-0.39, 0.29) is 45.9 Å². The summed E-state index contributed by atoms with van der Waals surface area (Å²) in [5, 5.41) is 7.63. The number of hydrogen-bond acceptors (Lipinski definition) is 2. The third-order valence-electron chi connectivity index (χ3n) is 20.0. The van der Waals surface area contributed by atoms with Gasteiger partial charge in [0.05, 0.1) is 22.1 Å². The monoisotopic (exact) mass is 1110 g/mol. The van der Waals surface area contributed by atoms with E-state index >= 15 is 0 Å². The summed E-state index contributed by atoms with van der Waals surface area (Å²) in [4.78, 5) is 0. The first-order chi connectivity index (χ1) is 39.9. The highest BCUT2D eigenvalue weighted by molar-refractivity contribution is 7.00. The van der Waals surface area contributed by atoms with Crippen LogP contribution in [0.15, 0.2) is 140 Å². The molecule has 4 aliphatic rings. The Bertz CT molecular complexity index is 5000. The van der Waals surface area contributed by atoms with Crippen LogP contribution in [0.4, 0.5) is 0 Å². The fraction of sp³-hybridized carbons (Fsp3) is 0.308. The maximum atomic E-state index is 7.58. The van der Waals surface area contributed by atoms with E-state index in [0.29, 0.717) is 0 Å². The summed E-state index contributed by atoms with van der Waals surface area (Å²) in [6.07, 6.45) is 0. The molecule has 9 aromatic carbocycles. The average Bonchev–Trinajstić information content (AvgIpc) is 1.68. The summed E-state index contributed by atoms with van der Waals surface area (Å²) in [6, 6.07) is 54.9. The molecule has 3 aromatic heterocycles. The fourth-order valence-corrected chi connectivity index (χ4v) is 15.3. The molecule has 12 aromatic rings. The van der Waals surface area contributed by atoms with Crippen molar-refractivity contribution in [2.24, 2.45) is 0 Å². The molecule has 16 rings (SSSR count). The molecule has 0 bridgehead atoms. The average molecular weight is 1110 g/mol. The summed E-state index contributed by atoms with van der Waals surface area (Å²) in [5.41, 5.74) is 25.8. The van der Waals surface area contributed by atoms with E-state index in [9.17, 15) is 0 Å². The van der Waals surface area contributed by atoms with Gasteiger partial charge in [-0.05, 0) is 165 Å². The van der Waals surface area contributed by atoms with E-state index in [4.69, 9.17) is 9.47 Å². The van der Waals surface area contributed by atoms with Crippen LogP contribution in [-0.4, -0.2) is 27.1 Å². The Morgan fingerprint density at radius 3 is 1.25 bits per heavy atom. The minimum absolute atomic E-state index is 0.00696. The third kappa shape index (κ3) is 7.31. The van der Waals surface area contributed by atoms with Crippen molar-refractivity contribution in [3.8, 4) is 40.1 Å². The second-order valence-corrected chi connectivity index (χ2v) is 31.9. The van der Waals surface area contributed by atoms with Crippen LogP contribution in [0.2, 0.25) is 0 Å². The van der Waals surface area contributed by atoms with E-state index in [2.05, 4.69) is 278 Å². The lowest BCUT2D eigenvalue weighted by Crippen LogP contribution is -2.60. The predicted octanol–water partition coefficient (Wildman–Crippen LogP) is 16.6. The molecule has 0 fully saturated rings. The van der Waals surface area contributed by atoms with Gasteiger partial charge in [-0.15, -0.1) is 0 Å². The van der Waals surface area contributed by atoms with E-state index in [0.717, 1.165) is 39.7 Å². The lowest BCUT2D eigenvalue weighted by Gasteiger charge is -2.37. The highest BCUT2D eigenvalue weighted by Crippen LogP contribution is 2.47. The molecule has 0 saturated carbocycles. The molecule has 0 amide bonds. The first-order valence-corrected chi connectivity index (χ1v) is 31.1. The normalized spacial score (nSPS) is 14.6. The molecule has 0 saturated heterocycles. The second-order valence-electron chi connectivity index (χ2n) is 31.9. The van der Waals surface area contributed by atoms with Crippen LogP contribution in [-0.2, 0) is 32.5 Å². The third-order valence-corrected chi connectivity index (χ3v) is 20.0. The summed E-state index contributed by atoms with van der Waals surface area (Å²) in [6.45, 7) is 42.0. The molecule has 5 nitrogen and oxygen atoms in total. The Hall–Kier alpha value is -7.89. The Balaban J connectivity index is 1.02. The summed E-state index contributed by atoms with van der Waals surface area (Å²) >= 11 is 0. The maximum Gasteiger partial charge on any atom is 0.256 e. The first kappa shape index (κ1) is 52.6. The summed E-state index contributed by atoms with van der Waals surface area (Å²) < 4.78 is 22.8. The van der Waals surface area contributed by atoms with Gasteiger partial charge in [-0.1, -0.05) is 185 Å². The van der Waals surface area contributed by atoms with E-state index < -0.39 is 0 Å². The number of hydrogen-bond donors (Lipinski definition) is 0. The van der Waals surface area contributed by atoms with Gasteiger partial charge in [0.2, 0.25) is 0 Å². The van der Waals surface area contributed by atoms with Gasteiger partial charge in [0, 0.05) is 72.5 Å². The van der Waals surface area contributed by atoms with E-state index in [1.807, 2.05) is 0 Å². The van der Waals surface area contributed by atoms with Gasteiger partial charge >= 0.3 is 0 Å². The minimum atomic E-state index is -0.158. The summed E-state index contributed by atoms with van der Waals surface area (Å²) in [7, 11) is 0. The van der Waals surface area contributed by atoms with E-state index in [1.165, 1.54) is 132 Å². The van der Waals surface area contributed by atoms with Gasteiger partial charge < -0.3 is 23.2 Å². The van der Waals surface area contributed by atoms with Crippen molar-refractivity contribution in [3.05, 3.63) is 173 Å². The molecule has 0 spiro atoms. The van der Waals surface area contributed by atoms with Crippen LogP contribution < -0.4 is 42.3 Å². The first-order valence-electron chi connectivity index (χ1n) is 31.1. The van der Waals surface area contributed by atoms with Gasteiger partial charge in [-0.25, -0.2) is 0 Å². The SMILES string of the molecule is CC(C)(C)c1cc2c3c(c1)-n1c4ccc(C(C)(C)C)cc4c4cc(C(C)(C)C)cc(c41)B3c1cc3c4cc5c(cc4n(-c4ccccc4)c3cc1O2)Oc1cc(C(C)(C)C)cc2c1B5c1c(C(C)(C)C)ccc3c4cc(C(C)(C)C)ccc4n-2c13. The van der Waals surface area contributed by atoms with Crippen LogP contribution >= 0.6 is 0 Å². The molecule has 4 aliphatic heterocycles. The lowest BCUT2D eigenvalue weighted by molar-refractivity contribution is 0.483. The van der Waals surface area contributed by atoms with Crippen LogP contribution in [0, 0.1) is 0 Å². The molecular formula is C78H77B2N3O2. The highest BCUT2D eigenvalue weighted by atomic mass is 16.5. The molecule has 0 radical (unpaired) electrons. The van der Waals surface area contributed by atoms with Gasteiger partial charge in [0.25, 0.3) is 13.4 Å². The van der Waals surface area contributed by atoms with Crippen molar-refractivity contribution in [1.29, 1.82) is 0 Å². The Kier molecular flexibility index (Phi) is 10.2. The van der Waals surface area contributed by atoms with Crippen molar-refractivity contribution >= 4 is 112 Å². The fourth-order valence-electron chi connectivity index (χ4n) is 15.3. The molecule has 85 heavy (non-hydrogen) atoms. The number of rotatable bonds is 1. The van der Waals surface area contributed by atoms with Crippen LogP contribution in [0.3, 0.4) is 0 Å². The Morgan fingerprint density at radius 1 is 0.294 bits per heavy atom. The molecule has 0 N–H and O–H groups in total. The molecule has 7 heteroatoms. The van der Waals surface area contributed by atoms with Gasteiger partial charge in [-0.3, -0.25) is 0 Å². The molecule has 0 atom stereocenters. The largest absolute Gasteiger partial charge is 0.458 e. The predicted molar refractivity (Wildman–Crippen MR) is 364 cm³/mol. The summed E-state index contributed by atoms with van der Waals surface area (Å²) in [5.74, 6) is 3.69. The minimum Gasteiger partial charge on any atom is -0.458 e.